The molecule has 1 aromatic carbocycles. The number of amides is 1. The Morgan fingerprint density at radius 2 is 1.66 bits per heavy atom. The zero-order valence-electron chi connectivity index (χ0n) is 15.9. The molecule has 2 aliphatic heterocycles. The summed E-state index contributed by atoms with van der Waals surface area (Å²) in [7, 11) is -7.61. The number of nitrogens with zero attached hydrogens (tertiary/aromatic N) is 3. The third-order valence-corrected chi connectivity index (χ3v) is 8.45. The molecule has 0 radical (unpaired) electrons. The van der Waals surface area contributed by atoms with Gasteiger partial charge >= 0.3 is 0 Å². The van der Waals surface area contributed by atoms with Gasteiger partial charge in [-0.1, -0.05) is 0 Å². The van der Waals surface area contributed by atoms with Gasteiger partial charge in [-0.25, -0.2) is 29.9 Å². The molecular weight excluding hydrogens is 428 g/mol. The van der Waals surface area contributed by atoms with Crippen molar-refractivity contribution in [3.05, 3.63) is 29.8 Å². The summed E-state index contributed by atoms with van der Waals surface area (Å²) >= 11 is 0. The molecule has 2 heterocycles. The van der Waals surface area contributed by atoms with E-state index in [1.807, 2.05) is 0 Å². The van der Waals surface area contributed by atoms with Crippen LogP contribution in [0.5, 0.6) is 0 Å². The maximum atomic E-state index is 13.9. The monoisotopic (exact) mass is 451 g/mol. The molecule has 0 aromatic heterocycles. The van der Waals surface area contributed by atoms with Crippen molar-refractivity contribution < 1.29 is 30.4 Å². The highest BCUT2D eigenvalue weighted by atomic mass is 32.2. The van der Waals surface area contributed by atoms with Crippen LogP contribution in [0.25, 0.3) is 0 Å². The fourth-order valence-corrected chi connectivity index (χ4v) is 6.08. The van der Waals surface area contributed by atoms with Crippen LogP contribution in [-0.2, 0) is 24.8 Å². The number of halogens is 2. The van der Waals surface area contributed by atoms with E-state index in [9.17, 15) is 30.4 Å². The van der Waals surface area contributed by atoms with Crippen molar-refractivity contribution in [3.63, 3.8) is 0 Å². The average Bonchev–Trinajstić information content (AvgIpc) is 2.68. The van der Waals surface area contributed by atoms with E-state index in [-0.39, 0.29) is 38.6 Å². The van der Waals surface area contributed by atoms with Crippen molar-refractivity contribution in [3.8, 4) is 0 Å². The second kappa shape index (κ2) is 8.25. The lowest BCUT2D eigenvalue weighted by molar-refractivity contribution is -0.137. The molecule has 1 unspecified atom stereocenters. The smallest absolute Gasteiger partial charge is 0.246 e. The summed E-state index contributed by atoms with van der Waals surface area (Å²) in [5.74, 6) is -2.57. The van der Waals surface area contributed by atoms with Gasteiger partial charge in [0, 0.05) is 39.3 Å². The first kappa shape index (κ1) is 22.1. The maximum absolute atomic E-state index is 13.9. The Labute approximate surface area is 169 Å². The second-order valence-corrected chi connectivity index (χ2v) is 11.2. The minimum atomic E-state index is -4.22. The van der Waals surface area contributed by atoms with Gasteiger partial charge in [0.05, 0.1) is 12.2 Å². The molecule has 0 spiro atoms. The van der Waals surface area contributed by atoms with Crippen LogP contribution in [0.3, 0.4) is 0 Å². The number of piperazine rings is 1. The van der Waals surface area contributed by atoms with Crippen molar-refractivity contribution >= 4 is 26.0 Å². The molecule has 2 saturated heterocycles. The number of piperidine rings is 1. The fraction of sp³-hybridized carbons (Fsp3) is 0.588. The summed E-state index contributed by atoms with van der Waals surface area (Å²) < 4.78 is 78.4. The average molecular weight is 452 g/mol. The molecule has 1 amide bonds. The lowest BCUT2D eigenvalue weighted by Gasteiger charge is -2.38. The zero-order valence-corrected chi connectivity index (χ0v) is 17.6. The molecular formula is C17H23F2N3O5S2. The van der Waals surface area contributed by atoms with Crippen LogP contribution in [0.4, 0.5) is 8.78 Å². The number of hydrogen-bond donors (Lipinski definition) is 0. The summed E-state index contributed by atoms with van der Waals surface area (Å²) in [6.07, 6.45) is 2.25. The minimum absolute atomic E-state index is 0.0491. The number of rotatable bonds is 4. The van der Waals surface area contributed by atoms with Crippen LogP contribution in [0.2, 0.25) is 0 Å². The van der Waals surface area contributed by atoms with Gasteiger partial charge in [0.2, 0.25) is 26.0 Å². The van der Waals surface area contributed by atoms with Gasteiger partial charge in [-0.2, -0.15) is 4.31 Å². The van der Waals surface area contributed by atoms with E-state index >= 15 is 0 Å². The van der Waals surface area contributed by atoms with Crippen molar-refractivity contribution in [2.75, 3.05) is 45.5 Å². The Morgan fingerprint density at radius 3 is 2.28 bits per heavy atom. The third-order valence-electron chi connectivity index (χ3n) is 5.26. The third kappa shape index (κ3) is 4.76. The first-order valence-corrected chi connectivity index (χ1v) is 12.5. The quantitative estimate of drug-likeness (QED) is 0.663. The first-order valence-electron chi connectivity index (χ1n) is 9.19. The van der Waals surface area contributed by atoms with Crippen molar-refractivity contribution in [2.24, 2.45) is 5.92 Å². The molecule has 0 N–H and O–H groups in total. The lowest BCUT2D eigenvalue weighted by atomic mass is 9.98. The van der Waals surface area contributed by atoms with E-state index in [1.165, 1.54) is 9.21 Å². The van der Waals surface area contributed by atoms with Gasteiger partial charge in [-0.05, 0) is 31.0 Å². The fourth-order valence-electron chi connectivity index (χ4n) is 3.67. The molecule has 3 rings (SSSR count). The first-order chi connectivity index (χ1) is 13.5. The van der Waals surface area contributed by atoms with E-state index in [2.05, 4.69) is 0 Å². The van der Waals surface area contributed by atoms with Gasteiger partial charge < -0.3 is 4.90 Å². The molecule has 2 aliphatic rings. The predicted octanol–water partition coefficient (Wildman–Crippen LogP) is 0.469. The van der Waals surface area contributed by atoms with Crippen LogP contribution in [0, 0.1) is 17.6 Å². The number of carbonyl (C=O) groups excluding carboxylic acids is 1. The van der Waals surface area contributed by atoms with Gasteiger partial charge in [0.25, 0.3) is 0 Å². The van der Waals surface area contributed by atoms with Crippen molar-refractivity contribution in [2.45, 2.75) is 17.7 Å². The molecule has 0 aliphatic carbocycles. The van der Waals surface area contributed by atoms with E-state index in [4.69, 9.17) is 0 Å². The highest BCUT2D eigenvalue weighted by Crippen LogP contribution is 2.24. The molecule has 8 nitrogen and oxygen atoms in total. The molecule has 2 fully saturated rings. The van der Waals surface area contributed by atoms with Crippen LogP contribution in [-0.4, -0.2) is 81.8 Å². The Morgan fingerprint density at radius 1 is 1.00 bits per heavy atom. The van der Waals surface area contributed by atoms with E-state index in [0.29, 0.717) is 25.5 Å². The maximum Gasteiger partial charge on any atom is 0.246 e. The summed E-state index contributed by atoms with van der Waals surface area (Å²) in [5.41, 5.74) is 0. The number of hydrogen-bond acceptors (Lipinski definition) is 5. The summed E-state index contributed by atoms with van der Waals surface area (Å²) in [6.45, 7) is 0.604. The Bertz CT molecular complexity index is 992. The van der Waals surface area contributed by atoms with Gasteiger partial charge in [0.15, 0.2) is 0 Å². The van der Waals surface area contributed by atoms with Gasteiger partial charge in [0.1, 0.15) is 16.5 Å². The molecule has 1 atom stereocenters. The highest BCUT2D eigenvalue weighted by Gasteiger charge is 2.36. The van der Waals surface area contributed by atoms with E-state index < -0.39 is 42.5 Å². The van der Waals surface area contributed by atoms with Crippen LogP contribution >= 0.6 is 0 Å². The normalized spacial score (nSPS) is 22.6. The molecule has 12 heteroatoms. The van der Waals surface area contributed by atoms with E-state index in [0.717, 1.165) is 22.7 Å². The summed E-state index contributed by atoms with van der Waals surface area (Å²) in [6, 6.07) is 2.25. The molecule has 162 valence electrons. The van der Waals surface area contributed by atoms with Crippen LogP contribution < -0.4 is 0 Å². The van der Waals surface area contributed by atoms with Gasteiger partial charge in [-0.15, -0.1) is 0 Å². The zero-order chi connectivity index (χ0) is 21.4. The SMILES string of the molecule is CS(=O)(=O)N1CCCC(C(=O)N2CCN(S(=O)(=O)c3cc(F)ccc3F)CC2)C1. The van der Waals surface area contributed by atoms with Crippen LogP contribution in [0.1, 0.15) is 12.8 Å². The van der Waals surface area contributed by atoms with E-state index in [1.54, 1.807) is 0 Å². The lowest BCUT2D eigenvalue weighted by Crippen LogP contribution is -2.54. The predicted molar refractivity (Wildman–Crippen MR) is 101 cm³/mol. The summed E-state index contributed by atoms with van der Waals surface area (Å²) in [5, 5.41) is 0. The minimum Gasteiger partial charge on any atom is -0.340 e. The molecule has 0 saturated carbocycles. The van der Waals surface area contributed by atoms with Crippen molar-refractivity contribution in [1.29, 1.82) is 0 Å². The topological polar surface area (TPSA) is 95.1 Å². The highest BCUT2D eigenvalue weighted by molar-refractivity contribution is 7.89. The number of carbonyl (C=O) groups is 1. The van der Waals surface area contributed by atoms with Crippen LogP contribution in [0.15, 0.2) is 23.1 Å². The Kier molecular flexibility index (Phi) is 6.27. The van der Waals surface area contributed by atoms with Gasteiger partial charge in [-0.3, -0.25) is 4.79 Å². The second-order valence-electron chi connectivity index (χ2n) is 7.26. The standard InChI is InChI=1S/C17H23F2N3O5S2/c1-28(24,25)22-6-2-3-13(12-22)17(23)20-7-9-21(10-8-20)29(26,27)16-11-14(18)4-5-15(16)19/h4-5,11,13H,2-3,6-10,12H2,1H3. The Balaban J connectivity index is 1.66. The molecule has 29 heavy (non-hydrogen) atoms. The Hall–Kier alpha value is -1.63. The largest absolute Gasteiger partial charge is 0.340 e. The molecule has 1 aromatic rings. The van der Waals surface area contributed by atoms with Crippen molar-refractivity contribution in [1.82, 2.24) is 13.5 Å². The molecule has 0 bridgehead atoms. The number of benzene rings is 1. The summed E-state index contributed by atoms with van der Waals surface area (Å²) in [4.78, 5) is 13.6. The number of sulfonamides is 2.